The standard InChI is InChI=1S/C24H23N5O2S/c1-3-31-21-15-8-7-14-20(21)25-23(30)22(18-11-5-4-6-12-18)32-24-26-27-28-29(24)19-13-9-10-17(2)16-19/h4-16,22H,3H2,1-2H3,(H,25,30). The Morgan fingerprint density at radius 3 is 2.62 bits per heavy atom. The normalized spacial score (nSPS) is 11.7. The van der Waals surface area contributed by atoms with E-state index in [9.17, 15) is 4.79 Å². The number of hydrogen-bond acceptors (Lipinski definition) is 6. The molecule has 1 atom stereocenters. The maximum absolute atomic E-state index is 13.4. The molecule has 0 radical (unpaired) electrons. The molecule has 3 aromatic carbocycles. The summed E-state index contributed by atoms with van der Waals surface area (Å²) in [6.07, 6.45) is 0. The van der Waals surface area contributed by atoms with Gasteiger partial charge in [0.25, 0.3) is 0 Å². The maximum Gasteiger partial charge on any atom is 0.242 e. The molecular formula is C24H23N5O2S. The number of aromatic nitrogens is 4. The number of ether oxygens (including phenoxy) is 1. The Morgan fingerprint density at radius 1 is 1.06 bits per heavy atom. The highest BCUT2D eigenvalue weighted by Gasteiger charge is 2.26. The van der Waals surface area contributed by atoms with E-state index in [2.05, 4.69) is 20.8 Å². The first-order chi connectivity index (χ1) is 15.7. The van der Waals surface area contributed by atoms with Crippen molar-refractivity contribution in [1.29, 1.82) is 0 Å². The van der Waals surface area contributed by atoms with Crippen LogP contribution in [0.1, 0.15) is 23.3 Å². The number of rotatable bonds is 8. The van der Waals surface area contributed by atoms with Crippen LogP contribution in [0.2, 0.25) is 0 Å². The minimum atomic E-state index is -0.569. The lowest BCUT2D eigenvalue weighted by Crippen LogP contribution is -2.20. The lowest BCUT2D eigenvalue weighted by atomic mass is 10.1. The molecule has 0 aliphatic rings. The SMILES string of the molecule is CCOc1ccccc1NC(=O)C(Sc1nnnn1-c1cccc(C)c1)c1ccccc1. The molecule has 0 aliphatic carbocycles. The van der Waals surface area contributed by atoms with Gasteiger partial charge in [0.1, 0.15) is 11.0 Å². The quantitative estimate of drug-likeness (QED) is 0.391. The predicted octanol–water partition coefficient (Wildman–Crippen LogP) is 4.84. The summed E-state index contributed by atoms with van der Waals surface area (Å²) in [5, 5.41) is 15.1. The van der Waals surface area contributed by atoms with E-state index in [1.165, 1.54) is 11.8 Å². The summed E-state index contributed by atoms with van der Waals surface area (Å²) < 4.78 is 7.31. The number of carbonyl (C=O) groups excluding carboxylic acids is 1. The highest BCUT2D eigenvalue weighted by molar-refractivity contribution is 8.00. The molecule has 1 aromatic heterocycles. The van der Waals surface area contributed by atoms with Crippen LogP contribution in [-0.2, 0) is 4.79 Å². The van der Waals surface area contributed by atoms with Crippen molar-refractivity contribution >= 4 is 23.4 Å². The van der Waals surface area contributed by atoms with Crippen LogP contribution in [-0.4, -0.2) is 32.7 Å². The van der Waals surface area contributed by atoms with Gasteiger partial charge in [-0.25, -0.2) is 0 Å². The zero-order chi connectivity index (χ0) is 22.3. The first-order valence-corrected chi connectivity index (χ1v) is 11.1. The molecule has 32 heavy (non-hydrogen) atoms. The van der Waals surface area contributed by atoms with Gasteiger partial charge in [-0.3, -0.25) is 4.79 Å². The summed E-state index contributed by atoms with van der Waals surface area (Å²) in [6.45, 7) is 4.43. The van der Waals surface area contributed by atoms with Gasteiger partial charge < -0.3 is 10.1 Å². The van der Waals surface area contributed by atoms with E-state index in [1.54, 1.807) is 4.68 Å². The van der Waals surface area contributed by atoms with Crippen molar-refractivity contribution in [2.24, 2.45) is 0 Å². The van der Waals surface area contributed by atoms with Crippen LogP contribution in [0.15, 0.2) is 84.0 Å². The van der Waals surface area contributed by atoms with Gasteiger partial charge in [0, 0.05) is 0 Å². The molecule has 8 heteroatoms. The Hall–Kier alpha value is -3.65. The number of nitrogens with zero attached hydrogens (tertiary/aromatic N) is 4. The van der Waals surface area contributed by atoms with E-state index in [-0.39, 0.29) is 5.91 Å². The van der Waals surface area contributed by atoms with E-state index in [0.717, 1.165) is 16.8 Å². The van der Waals surface area contributed by atoms with Crippen molar-refractivity contribution in [1.82, 2.24) is 20.2 Å². The maximum atomic E-state index is 13.4. The van der Waals surface area contributed by atoms with Crippen LogP contribution in [0.3, 0.4) is 0 Å². The summed E-state index contributed by atoms with van der Waals surface area (Å²) in [5.74, 6) is 0.442. The Morgan fingerprint density at radius 2 is 1.84 bits per heavy atom. The van der Waals surface area contributed by atoms with Gasteiger partial charge >= 0.3 is 0 Å². The molecule has 7 nitrogen and oxygen atoms in total. The number of tetrazole rings is 1. The Labute approximate surface area is 190 Å². The van der Waals surface area contributed by atoms with Gasteiger partial charge in [-0.2, -0.15) is 4.68 Å². The fourth-order valence-corrected chi connectivity index (χ4v) is 4.23. The monoisotopic (exact) mass is 445 g/mol. The molecule has 1 amide bonds. The predicted molar refractivity (Wildman–Crippen MR) is 125 cm³/mol. The number of benzene rings is 3. The van der Waals surface area contributed by atoms with Gasteiger partial charge in [-0.15, -0.1) is 5.10 Å². The summed E-state index contributed by atoms with van der Waals surface area (Å²) in [7, 11) is 0. The summed E-state index contributed by atoms with van der Waals surface area (Å²) in [5.41, 5.74) is 3.41. The molecular weight excluding hydrogens is 422 g/mol. The second kappa shape index (κ2) is 10.1. The second-order valence-electron chi connectivity index (χ2n) is 7.04. The van der Waals surface area contributed by atoms with Crippen LogP contribution in [0.4, 0.5) is 5.69 Å². The minimum Gasteiger partial charge on any atom is -0.492 e. The second-order valence-corrected chi connectivity index (χ2v) is 8.11. The smallest absolute Gasteiger partial charge is 0.242 e. The largest absolute Gasteiger partial charge is 0.492 e. The molecule has 0 aliphatic heterocycles. The number of carbonyl (C=O) groups is 1. The zero-order valence-electron chi connectivity index (χ0n) is 17.8. The lowest BCUT2D eigenvalue weighted by molar-refractivity contribution is -0.115. The third-order valence-electron chi connectivity index (χ3n) is 4.70. The van der Waals surface area contributed by atoms with E-state index in [4.69, 9.17) is 4.74 Å². The van der Waals surface area contributed by atoms with Crippen LogP contribution >= 0.6 is 11.8 Å². The molecule has 1 heterocycles. The summed E-state index contributed by atoms with van der Waals surface area (Å²) in [4.78, 5) is 13.4. The number of thioether (sulfide) groups is 1. The molecule has 4 rings (SSSR count). The van der Waals surface area contributed by atoms with Crippen molar-refractivity contribution in [2.75, 3.05) is 11.9 Å². The Kier molecular flexibility index (Phi) is 6.81. The van der Waals surface area contributed by atoms with Gasteiger partial charge in [0.15, 0.2) is 0 Å². The van der Waals surface area contributed by atoms with Gasteiger partial charge in [0.05, 0.1) is 18.0 Å². The van der Waals surface area contributed by atoms with Crippen molar-refractivity contribution in [3.05, 3.63) is 90.0 Å². The van der Waals surface area contributed by atoms with Crippen LogP contribution in [0.5, 0.6) is 5.75 Å². The van der Waals surface area contributed by atoms with Crippen LogP contribution < -0.4 is 10.1 Å². The zero-order valence-corrected chi connectivity index (χ0v) is 18.6. The third kappa shape index (κ3) is 4.97. The fraction of sp³-hybridized carbons (Fsp3) is 0.167. The summed E-state index contributed by atoms with van der Waals surface area (Å²) in [6, 6.07) is 24.9. The third-order valence-corrected chi connectivity index (χ3v) is 5.88. The van der Waals surface area contributed by atoms with Crippen molar-refractivity contribution < 1.29 is 9.53 Å². The first kappa shape index (κ1) is 21.6. The molecule has 1 N–H and O–H groups in total. The van der Waals surface area contributed by atoms with E-state index >= 15 is 0 Å². The Bertz CT molecular complexity index is 1200. The molecule has 1 unspecified atom stereocenters. The molecule has 4 aromatic rings. The van der Waals surface area contributed by atoms with E-state index < -0.39 is 5.25 Å². The molecule has 0 bridgehead atoms. The molecule has 0 saturated heterocycles. The van der Waals surface area contributed by atoms with E-state index in [0.29, 0.717) is 23.2 Å². The number of amides is 1. The molecule has 162 valence electrons. The van der Waals surface area contributed by atoms with Gasteiger partial charge in [-0.05, 0) is 59.7 Å². The van der Waals surface area contributed by atoms with E-state index in [1.807, 2.05) is 92.7 Å². The van der Waals surface area contributed by atoms with Crippen LogP contribution in [0.25, 0.3) is 5.69 Å². The Balaban J connectivity index is 1.65. The molecule has 0 saturated carbocycles. The van der Waals surface area contributed by atoms with Crippen molar-refractivity contribution in [2.45, 2.75) is 24.3 Å². The number of anilines is 1. The van der Waals surface area contributed by atoms with Crippen molar-refractivity contribution in [3.8, 4) is 11.4 Å². The highest BCUT2D eigenvalue weighted by Crippen LogP contribution is 2.36. The first-order valence-electron chi connectivity index (χ1n) is 10.3. The van der Waals surface area contributed by atoms with Crippen LogP contribution in [0, 0.1) is 6.92 Å². The lowest BCUT2D eigenvalue weighted by Gasteiger charge is -2.18. The minimum absolute atomic E-state index is 0.188. The van der Waals surface area contributed by atoms with Crippen molar-refractivity contribution in [3.63, 3.8) is 0 Å². The molecule has 0 fully saturated rings. The number of para-hydroxylation sites is 2. The number of nitrogens with one attached hydrogen (secondary N) is 1. The highest BCUT2D eigenvalue weighted by atomic mass is 32.2. The number of hydrogen-bond donors (Lipinski definition) is 1. The van der Waals surface area contributed by atoms with Gasteiger partial charge in [-0.1, -0.05) is 66.4 Å². The fourth-order valence-electron chi connectivity index (χ4n) is 3.23. The topological polar surface area (TPSA) is 81.9 Å². The average Bonchev–Trinajstić information content (AvgIpc) is 3.28. The molecule has 0 spiro atoms. The number of aryl methyl sites for hydroxylation is 1. The average molecular weight is 446 g/mol. The van der Waals surface area contributed by atoms with Gasteiger partial charge in [0.2, 0.25) is 11.1 Å². The summed E-state index contributed by atoms with van der Waals surface area (Å²) >= 11 is 1.30.